The molecular formula is C12H15N3O2S. The Bertz CT molecular complexity index is 613. The van der Waals surface area contributed by atoms with Crippen LogP contribution >= 0.6 is 11.3 Å². The summed E-state index contributed by atoms with van der Waals surface area (Å²) in [6.45, 7) is 5.88. The number of pyridine rings is 1. The molecule has 0 saturated heterocycles. The van der Waals surface area contributed by atoms with Gasteiger partial charge in [0.2, 0.25) is 6.41 Å². The predicted molar refractivity (Wildman–Crippen MR) is 75.9 cm³/mol. The van der Waals surface area contributed by atoms with Crippen LogP contribution in [0, 0.1) is 6.92 Å². The average Bonchev–Trinajstić information content (AvgIpc) is 2.70. The van der Waals surface area contributed by atoms with Gasteiger partial charge in [0.1, 0.15) is 4.83 Å². The van der Waals surface area contributed by atoms with E-state index in [2.05, 4.69) is 15.3 Å². The van der Waals surface area contributed by atoms with Crippen LogP contribution in [0.1, 0.15) is 18.7 Å². The van der Waals surface area contributed by atoms with Crippen molar-refractivity contribution in [3.05, 3.63) is 27.4 Å². The summed E-state index contributed by atoms with van der Waals surface area (Å²) in [5.41, 5.74) is 0.535. The highest BCUT2D eigenvalue weighted by atomic mass is 32.1. The van der Waals surface area contributed by atoms with Crippen LogP contribution in [0.25, 0.3) is 10.2 Å². The Kier molecular flexibility index (Phi) is 5.26. The number of aryl methyl sites for hydroxylation is 1. The summed E-state index contributed by atoms with van der Waals surface area (Å²) in [5, 5.41) is 2.88. The normalized spacial score (nSPS) is 10.2. The fourth-order valence-corrected chi connectivity index (χ4v) is 2.41. The second kappa shape index (κ2) is 6.70. The zero-order valence-corrected chi connectivity index (χ0v) is 11.3. The molecule has 1 amide bonds. The monoisotopic (exact) mass is 265 g/mol. The number of thiophene rings is 1. The van der Waals surface area contributed by atoms with Gasteiger partial charge in [-0.1, -0.05) is 13.8 Å². The molecule has 0 fully saturated rings. The first-order valence-corrected chi connectivity index (χ1v) is 6.38. The maximum absolute atomic E-state index is 11.7. The molecule has 0 aromatic carbocycles. The molecule has 0 aliphatic carbocycles. The molecule has 0 saturated carbocycles. The number of fused-ring (bicyclic) bond motifs is 1. The van der Waals surface area contributed by atoms with Gasteiger partial charge in [-0.15, -0.1) is 11.3 Å². The Hall–Kier alpha value is -1.95. The first-order valence-electron chi connectivity index (χ1n) is 5.57. The molecule has 0 aliphatic rings. The summed E-state index contributed by atoms with van der Waals surface area (Å²) in [7, 11) is 0. The lowest BCUT2D eigenvalue weighted by Gasteiger charge is -1.91. The molecule has 0 spiro atoms. The van der Waals surface area contributed by atoms with E-state index in [1.165, 1.54) is 23.7 Å². The van der Waals surface area contributed by atoms with E-state index < -0.39 is 0 Å². The number of aliphatic imine (C=N–C) groups is 1. The lowest BCUT2D eigenvalue weighted by atomic mass is 10.2. The van der Waals surface area contributed by atoms with Gasteiger partial charge in [0.15, 0.2) is 5.43 Å². The van der Waals surface area contributed by atoms with Crippen LogP contribution in [0.3, 0.4) is 0 Å². The van der Waals surface area contributed by atoms with Crippen molar-refractivity contribution in [2.75, 3.05) is 0 Å². The van der Waals surface area contributed by atoms with Crippen molar-refractivity contribution in [2.24, 2.45) is 4.99 Å². The fourth-order valence-electron chi connectivity index (χ4n) is 1.43. The summed E-state index contributed by atoms with van der Waals surface area (Å²) in [4.78, 5) is 30.5. The topological polar surface area (TPSA) is 74.3 Å². The smallest absolute Gasteiger partial charge is 0.212 e. The molecule has 2 aromatic rings. The highest BCUT2D eigenvalue weighted by Gasteiger charge is 2.10. The minimum Gasteiger partial charge on any atom is -0.353 e. The van der Waals surface area contributed by atoms with Crippen LogP contribution in [0.4, 0.5) is 5.69 Å². The summed E-state index contributed by atoms with van der Waals surface area (Å²) >= 11 is 1.47. The van der Waals surface area contributed by atoms with Crippen LogP contribution in [0.15, 0.2) is 22.1 Å². The van der Waals surface area contributed by atoms with Crippen molar-refractivity contribution in [2.45, 2.75) is 20.8 Å². The van der Waals surface area contributed by atoms with Gasteiger partial charge in [0, 0.05) is 17.1 Å². The fraction of sp³-hybridized carbons (Fsp3) is 0.250. The van der Waals surface area contributed by atoms with Crippen molar-refractivity contribution in [3.63, 3.8) is 0 Å². The van der Waals surface area contributed by atoms with Crippen LogP contribution in [-0.4, -0.2) is 17.7 Å². The highest BCUT2D eigenvalue weighted by molar-refractivity contribution is 7.19. The maximum atomic E-state index is 11.7. The molecule has 5 nitrogen and oxygen atoms in total. The van der Waals surface area contributed by atoms with Gasteiger partial charge in [-0.3, -0.25) is 9.59 Å². The average molecular weight is 265 g/mol. The molecular weight excluding hydrogens is 250 g/mol. The number of aromatic nitrogens is 1. The lowest BCUT2D eigenvalue weighted by molar-refractivity contribution is -0.108. The van der Waals surface area contributed by atoms with Crippen molar-refractivity contribution in [1.82, 2.24) is 10.3 Å². The maximum Gasteiger partial charge on any atom is 0.212 e. The van der Waals surface area contributed by atoms with Crippen molar-refractivity contribution in [3.8, 4) is 0 Å². The van der Waals surface area contributed by atoms with E-state index in [-0.39, 0.29) is 5.43 Å². The van der Waals surface area contributed by atoms with Crippen LogP contribution in [0.2, 0.25) is 0 Å². The van der Waals surface area contributed by atoms with Gasteiger partial charge >= 0.3 is 0 Å². The molecule has 0 aliphatic heterocycles. The zero-order chi connectivity index (χ0) is 13.5. The Morgan fingerprint density at radius 1 is 1.44 bits per heavy atom. The number of aromatic amines is 1. The summed E-state index contributed by atoms with van der Waals surface area (Å²) in [6.07, 6.45) is 3.41. The molecule has 2 aromatic heterocycles. The van der Waals surface area contributed by atoms with Crippen molar-refractivity contribution in [1.29, 1.82) is 0 Å². The minimum atomic E-state index is -0.0728. The van der Waals surface area contributed by atoms with E-state index in [1.807, 2.05) is 20.8 Å². The molecule has 0 atom stereocenters. The first kappa shape index (κ1) is 14.1. The third-order valence-corrected chi connectivity index (χ3v) is 3.11. The molecule has 0 bridgehead atoms. The summed E-state index contributed by atoms with van der Waals surface area (Å²) < 4.78 is 0. The number of nitrogens with one attached hydrogen (secondary N) is 2. The largest absolute Gasteiger partial charge is 0.353 e. The zero-order valence-electron chi connectivity index (χ0n) is 10.5. The minimum absolute atomic E-state index is 0.0728. The van der Waals surface area contributed by atoms with Gasteiger partial charge in [-0.2, -0.15) is 0 Å². The number of amides is 1. The molecule has 0 radical (unpaired) electrons. The molecule has 18 heavy (non-hydrogen) atoms. The van der Waals surface area contributed by atoms with E-state index in [4.69, 9.17) is 0 Å². The Balaban J connectivity index is 0.000000771. The molecule has 2 heterocycles. The molecule has 2 rings (SSSR count). The van der Waals surface area contributed by atoms with E-state index in [0.29, 0.717) is 17.5 Å². The molecule has 0 unspecified atom stereocenters. The number of hydrogen-bond acceptors (Lipinski definition) is 4. The van der Waals surface area contributed by atoms with Gasteiger partial charge < -0.3 is 10.3 Å². The first-order chi connectivity index (χ1) is 8.74. The number of carbonyl (C=O) groups excluding carboxylic acids is 1. The standard InChI is InChI=1S/C10H9N3O2S.C2H6/c1-6-9(13-4-11-5-14)8-7(15)2-3-12-10(8)16-6;1-2/h2-5H,1H3,(H,12,15)(H,11,13,14);1-2H3. The number of hydrogen-bond donors (Lipinski definition) is 2. The Morgan fingerprint density at radius 2 is 2.17 bits per heavy atom. The second-order valence-electron chi connectivity index (χ2n) is 3.10. The van der Waals surface area contributed by atoms with Gasteiger partial charge in [0.25, 0.3) is 0 Å². The van der Waals surface area contributed by atoms with E-state index in [1.54, 1.807) is 6.20 Å². The lowest BCUT2D eigenvalue weighted by Crippen LogP contribution is -2.06. The van der Waals surface area contributed by atoms with Gasteiger partial charge in [0.05, 0.1) is 17.4 Å². The number of carbonyl (C=O) groups is 1. The molecule has 96 valence electrons. The molecule has 2 N–H and O–H groups in total. The van der Waals surface area contributed by atoms with Crippen molar-refractivity contribution >= 4 is 40.0 Å². The number of nitrogens with zero attached hydrogens (tertiary/aromatic N) is 1. The summed E-state index contributed by atoms with van der Waals surface area (Å²) in [6, 6.07) is 1.46. The van der Waals surface area contributed by atoms with E-state index in [0.717, 1.165) is 9.71 Å². The molecule has 6 heteroatoms. The number of H-pyrrole nitrogens is 1. The third kappa shape index (κ3) is 2.84. The van der Waals surface area contributed by atoms with Crippen LogP contribution in [0.5, 0.6) is 0 Å². The van der Waals surface area contributed by atoms with E-state index >= 15 is 0 Å². The number of rotatable bonds is 3. The van der Waals surface area contributed by atoms with E-state index in [9.17, 15) is 9.59 Å². The highest BCUT2D eigenvalue weighted by Crippen LogP contribution is 2.33. The van der Waals surface area contributed by atoms with Crippen molar-refractivity contribution < 1.29 is 4.79 Å². The summed E-state index contributed by atoms with van der Waals surface area (Å²) in [5.74, 6) is 0. The van der Waals surface area contributed by atoms with Crippen LogP contribution < -0.4 is 10.7 Å². The Morgan fingerprint density at radius 3 is 2.83 bits per heavy atom. The third-order valence-electron chi connectivity index (χ3n) is 2.08. The van der Waals surface area contributed by atoms with Gasteiger partial charge in [-0.25, -0.2) is 4.99 Å². The van der Waals surface area contributed by atoms with Crippen LogP contribution in [-0.2, 0) is 4.79 Å². The predicted octanol–water partition coefficient (Wildman–Crippen LogP) is 2.33. The Labute approximate surface area is 109 Å². The second-order valence-corrected chi connectivity index (χ2v) is 4.32. The quantitative estimate of drug-likeness (QED) is 0.508. The SMILES string of the molecule is CC.Cc1sc2[nH]ccc(=O)c2c1N=CNC=O. The van der Waals surface area contributed by atoms with Gasteiger partial charge in [-0.05, 0) is 6.92 Å².